The Kier molecular flexibility index (Phi) is 5.31. The van der Waals surface area contributed by atoms with Crippen molar-refractivity contribution in [3.63, 3.8) is 0 Å². The second kappa shape index (κ2) is 8.19. The summed E-state index contributed by atoms with van der Waals surface area (Å²) in [6, 6.07) is 21.9. The van der Waals surface area contributed by atoms with Gasteiger partial charge in [-0.25, -0.2) is 0 Å². The van der Waals surface area contributed by atoms with Crippen LogP contribution in [0.5, 0.6) is 0 Å². The molecule has 0 unspecified atom stereocenters. The van der Waals surface area contributed by atoms with Crippen molar-refractivity contribution < 1.29 is 4.79 Å². The summed E-state index contributed by atoms with van der Waals surface area (Å²) in [4.78, 5) is 13.6. The van der Waals surface area contributed by atoms with Crippen LogP contribution in [0.2, 0.25) is 0 Å². The number of aryl methyl sites for hydroxylation is 1. The average molecular weight is 385 g/mol. The van der Waals surface area contributed by atoms with Crippen molar-refractivity contribution in [2.75, 3.05) is 0 Å². The lowest BCUT2D eigenvalue weighted by Crippen LogP contribution is -1.99. The van der Waals surface area contributed by atoms with E-state index in [-0.39, 0.29) is 5.78 Å². The smallest absolute Gasteiger partial charge is 0.185 e. The van der Waals surface area contributed by atoms with Crippen LogP contribution in [0.3, 0.4) is 0 Å². The minimum absolute atomic E-state index is 0.00654. The monoisotopic (exact) mass is 384 g/mol. The molecule has 0 saturated heterocycles. The maximum Gasteiger partial charge on any atom is 0.185 e. The summed E-state index contributed by atoms with van der Waals surface area (Å²) < 4.78 is 1.93. The zero-order valence-electron chi connectivity index (χ0n) is 15.6. The minimum atomic E-state index is -0.00654. The molecular formula is C24H20N2OS. The third kappa shape index (κ3) is 4.18. The predicted octanol–water partition coefficient (Wildman–Crippen LogP) is 5.86. The number of nitrogens with zero attached hydrogens (tertiary/aromatic N) is 2. The molecule has 0 aliphatic rings. The van der Waals surface area contributed by atoms with Gasteiger partial charge in [0.15, 0.2) is 5.78 Å². The molecule has 138 valence electrons. The SMILES string of the molecule is Cc1ccc(C(=O)/C=C/c2cn(Cc3ccccc3)nc2-c2cccs2)cc1. The van der Waals surface area contributed by atoms with Crippen molar-refractivity contribution in [1.82, 2.24) is 9.78 Å². The van der Waals surface area contributed by atoms with E-state index in [0.717, 1.165) is 21.7 Å². The van der Waals surface area contributed by atoms with Gasteiger partial charge in [0.25, 0.3) is 0 Å². The summed E-state index contributed by atoms with van der Waals surface area (Å²) >= 11 is 1.65. The molecule has 2 aromatic carbocycles. The van der Waals surface area contributed by atoms with E-state index in [4.69, 9.17) is 5.10 Å². The van der Waals surface area contributed by atoms with Crippen molar-refractivity contribution in [3.8, 4) is 10.6 Å². The lowest BCUT2D eigenvalue weighted by atomic mass is 10.1. The van der Waals surface area contributed by atoms with Crippen LogP contribution in [-0.4, -0.2) is 15.6 Å². The highest BCUT2D eigenvalue weighted by molar-refractivity contribution is 7.13. The number of hydrogen-bond donors (Lipinski definition) is 0. The Morgan fingerprint density at radius 1 is 1.04 bits per heavy atom. The molecule has 0 atom stereocenters. The summed E-state index contributed by atoms with van der Waals surface area (Å²) in [5.41, 5.74) is 4.87. The summed E-state index contributed by atoms with van der Waals surface area (Å²) in [6.07, 6.45) is 5.50. The van der Waals surface area contributed by atoms with Crippen LogP contribution in [0.15, 0.2) is 84.4 Å². The molecule has 3 nitrogen and oxygen atoms in total. The maximum atomic E-state index is 12.5. The van der Waals surface area contributed by atoms with Crippen molar-refractivity contribution >= 4 is 23.2 Å². The Hall–Kier alpha value is -3.24. The van der Waals surface area contributed by atoms with Gasteiger partial charge in [-0.3, -0.25) is 9.48 Å². The molecule has 2 heterocycles. The summed E-state index contributed by atoms with van der Waals surface area (Å²) in [5.74, 6) is -0.00654. The Morgan fingerprint density at radius 3 is 2.54 bits per heavy atom. The fourth-order valence-corrected chi connectivity index (χ4v) is 3.73. The highest BCUT2D eigenvalue weighted by atomic mass is 32.1. The molecule has 2 aromatic heterocycles. The zero-order chi connectivity index (χ0) is 19.3. The second-order valence-corrected chi connectivity index (χ2v) is 7.60. The van der Waals surface area contributed by atoms with E-state index < -0.39 is 0 Å². The van der Waals surface area contributed by atoms with Gasteiger partial charge in [0.05, 0.1) is 11.4 Å². The summed E-state index contributed by atoms with van der Waals surface area (Å²) in [6.45, 7) is 2.71. The average Bonchev–Trinajstić information content (AvgIpc) is 3.37. The van der Waals surface area contributed by atoms with Crippen molar-refractivity contribution in [3.05, 3.63) is 107 Å². The van der Waals surface area contributed by atoms with E-state index in [0.29, 0.717) is 12.1 Å². The fraction of sp³-hybridized carbons (Fsp3) is 0.0833. The highest BCUT2D eigenvalue weighted by Crippen LogP contribution is 2.28. The number of ketones is 1. The zero-order valence-corrected chi connectivity index (χ0v) is 16.4. The van der Waals surface area contributed by atoms with Crippen LogP contribution in [0, 0.1) is 6.92 Å². The minimum Gasteiger partial charge on any atom is -0.289 e. The quantitative estimate of drug-likeness (QED) is 0.308. The molecule has 4 aromatic rings. The molecule has 0 aliphatic heterocycles. The standard InChI is InChI=1S/C24H20N2OS/c1-18-9-11-20(12-10-18)22(27)14-13-21-17-26(16-19-6-3-2-4-7-19)25-24(21)23-8-5-15-28-23/h2-15,17H,16H2,1H3/b14-13+. The van der Waals surface area contributed by atoms with Crippen molar-refractivity contribution in [1.29, 1.82) is 0 Å². The van der Waals surface area contributed by atoms with Crippen LogP contribution in [-0.2, 0) is 6.54 Å². The van der Waals surface area contributed by atoms with Gasteiger partial charge in [-0.15, -0.1) is 11.3 Å². The van der Waals surface area contributed by atoms with Crippen LogP contribution in [0.25, 0.3) is 16.6 Å². The van der Waals surface area contributed by atoms with Gasteiger partial charge in [0, 0.05) is 17.3 Å². The molecule has 4 heteroatoms. The molecule has 0 radical (unpaired) electrons. The molecule has 28 heavy (non-hydrogen) atoms. The topological polar surface area (TPSA) is 34.9 Å². The second-order valence-electron chi connectivity index (χ2n) is 6.66. The maximum absolute atomic E-state index is 12.5. The number of allylic oxidation sites excluding steroid dienone is 1. The number of carbonyl (C=O) groups is 1. The Labute approximate surface area is 168 Å². The Balaban J connectivity index is 1.63. The molecular weight excluding hydrogens is 364 g/mol. The molecule has 0 fully saturated rings. The van der Waals surface area contributed by atoms with E-state index in [1.165, 1.54) is 5.56 Å². The Morgan fingerprint density at radius 2 is 1.82 bits per heavy atom. The number of hydrogen-bond acceptors (Lipinski definition) is 3. The first kappa shape index (κ1) is 18.1. The third-order valence-electron chi connectivity index (χ3n) is 4.48. The van der Waals surface area contributed by atoms with Gasteiger partial charge in [-0.05, 0) is 36.1 Å². The third-order valence-corrected chi connectivity index (χ3v) is 5.36. The van der Waals surface area contributed by atoms with Crippen molar-refractivity contribution in [2.24, 2.45) is 0 Å². The van der Waals surface area contributed by atoms with Gasteiger partial charge < -0.3 is 0 Å². The molecule has 0 amide bonds. The van der Waals surface area contributed by atoms with Crippen LogP contribution >= 0.6 is 11.3 Å². The lowest BCUT2D eigenvalue weighted by Gasteiger charge is -2.00. The number of carbonyl (C=O) groups excluding carboxylic acids is 1. The first-order valence-corrected chi connectivity index (χ1v) is 10.0. The number of thiophene rings is 1. The number of rotatable bonds is 6. The molecule has 4 rings (SSSR count). The predicted molar refractivity (Wildman–Crippen MR) is 116 cm³/mol. The molecule has 0 saturated carbocycles. The van der Waals surface area contributed by atoms with E-state index in [9.17, 15) is 4.79 Å². The lowest BCUT2D eigenvalue weighted by molar-refractivity contribution is 0.104. The highest BCUT2D eigenvalue weighted by Gasteiger charge is 2.11. The molecule has 0 spiro atoms. The van der Waals surface area contributed by atoms with Crippen molar-refractivity contribution in [2.45, 2.75) is 13.5 Å². The fourth-order valence-electron chi connectivity index (χ4n) is 2.99. The van der Waals surface area contributed by atoms with E-state index in [1.807, 2.05) is 77.8 Å². The molecule has 0 N–H and O–H groups in total. The first-order chi connectivity index (χ1) is 13.7. The summed E-state index contributed by atoms with van der Waals surface area (Å²) in [5, 5.41) is 6.81. The van der Waals surface area contributed by atoms with E-state index in [1.54, 1.807) is 17.4 Å². The Bertz CT molecular complexity index is 1090. The van der Waals surface area contributed by atoms with Crippen LogP contribution in [0.4, 0.5) is 0 Å². The van der Waals surface area contributed by atoms with E-state index >= 15 is 0 Å². The van der Waals surface area contributed by atoms with Gasteiger partial charge in [0.1, 0.15) is 5.69 Å². The van der Waals surface area contributed by atoms with Gasteiger partial charge in [-0.1, -0.05) is 66.2 Å². The van der Waals surface area contributed by atoms with Gasteiger partial charge >= 0.3 is 0 Å². The molecule has 0 bridgehead atoms. The summed E-state index contributed by atoms with van der Waals surface area (Å²) in [7, 11) is 0. The van der Waals surface area contributed by atoms with E-state index in [2.05, 4.69) is 18.2 Å². The number of benzene rings is 2. The molecule has 0 aliphatic carbocycles. The van der Waals surface area contributed by atoms with Crippen LogP contribution in [0.1, 0.15) is 27.0 Å². The first-order valence-electron chi connectivity index (χ1n) is 9.13. The largest absolute Gasteiger partial charge is 0.289 e. The number of aromatic nitrogens is 2. The van der Waals surface area contributed by atoms with Gasteiger partial charge in [0.2, 0.25) is 0 Å². The van der Waals surface area contributed by atoms with Gasteiger partial charge in [-0.2, -0.15) is 5.10 Å². The van der Waals surface area contributed by atoms with Crippen LogP contribution < -0.4 is 0 Å². The normalized spacial score (nSPS) is 11.2.